The zero-order valence-corrected chi connectivity index (χ0v) is 13.1. The quantitative estimate of drug-likeness (QED) is 0.918. The van der Waals surface area contributed by atoms with E-state index in [4.69, 9.17) is 10.5 Å². The summed E-state index contributed by atoms with van der Waals surface area (Å²) in [6, 6.07) is 5.75. The molecule has 2 aromatic heterocycles. The van der Waals surface area contributed by atoms with Crippen LogP contribution in [0.3, 0.4) is 0 Å². The molecular formula is C14H20N4OS. The fraction of sp³-hybridized carbons (Fsp3) is 0.429. The first-order chi connectivity index (χ1) is 9.45. The van der Waals surface area contributed by atoms with Gasteiger partial charge in [-0.3, -0.25) is 4.68 Å². The number of aryl methyl sites for hydroxylation is 2. The van der Waals surface area contributed by atoms with E-state index in [9.17, 15) is 0 Å². The van der Waals surface area contributed by atoms with Crippen LogP contribution >= 0.6 is 11.8 Å². The maximum atomic E-state index is 5.89. The minimum Gasteiger partial charge on any atom is -0.476 e. The van der Waals surface area contributed by atoms with E-state index in [0.29, 0.717) is 24.1 Å². The second-order valence-corrected chi connectivity index (χ2v) is 6.14. The van der Waals surface area contributed by atoms with E-state index in [0.717, 1.165) is 15.7 Å². The molecule has 2 rings (SSSR count). The maximum Gasteiger partial charge on any atom is 0.238 e. The van der Waals surface area contributed by atoms with Gasteiger partial charge in [0.25, 0.3) is 0 Å². The summed E-state index contributed by atoms with van der Waals surface area (Å²) in [7, 11) is 1.92. The van der Waals surface area contributed by atoms with Crippen LogP contribution in [-0.2, 0) is 7.05 Å². The molecule has 0 aliphatic rings. The molecule has 2 heterocycles. The summed E-state index contributed by atoms with van der Waals surface area (Å²) in [5, 5.41) is 6.20. The fourth-order valence-corrected chi connectivity index (χ4v) is 2.52. The fourth-order valence-electron chi connectivity index (χ4n) is 1.64. The number of nitrogens with two attached hydrogens (primary N) is 1. The van der Waals surface area contributed by atoms with Crippen molar-refractivity contribution in [3.63, 3.8) is 0 Å². The molecule has 2 N–H and O–H groups in total. The van der Waals surface area contributed by atoms with E-state index in [2.05, 4.69) is 23.9 Å². The third-order valence-electron chi connectivity index (χ3n) is 2.59. The smallest absolute Gasteiger partial charge is 0.238 e. The predicted octanol–water partition coefficient (Wildman–Crippen LogP) is 2.89. The molecular weight excluding hydrogens is 272 g/mol. The number of hydrogen-bond acceptors (Lipinski definition) is 5. The Balaban J connectivity index is 2.16. The molecule has 0 fully saturated rings. The second kappa shape index (κ2) is 6.17. The molecule has 0 unspecified atom stereocenters. The zero-order valence-electron chi connectivity index (χ0n) is 12.3. The average Bonchev–Trinajstić information content (AvgIpc) is 2.68. The molecule has 0 aliphatic carbocycles. The van der Waals surface area contributed by atoms with E-state index < -0.39 is 0 Å². The van der Waals surface area contributed by atoms with Crippen LogP contribution in [0.1, 0.15) is 19.5 Å². The Hall–Kier alpha value is -1.69. The topological polar surface area (TPSA) is 66.0 Å². The SMILES string of the molecule is Cc1cc(Sc2ccc(N)c(OCC(C)C)n2)n(C)n1. The molecule has 0 saturated carbocycles. The van der Waals surface area contributed by atoms with E-state index in [1.807, 2.05) is 36.9 Å². The van der Waals surface area contributed by atoms with Crippen molar-refractivity contribution in [3.8, 4) is 5.88 Å². The van der Waals surface area contributed by atoms with E-state index >= 15 is 0 Å². The summed E-state index contributed by atoms with van der Waals surface area (Å²) in [6.45, 7) is 6.76. The van der Waals surface area contributed by atoms with Gasteiger partial charge in [0.2, 0.25) is 5.88 Å². The predicted molar refractivity (Wildman–Crippen MR) is 81.1 cm³/mol. The molecule has 6 heteroatoms. The highest BCUT2D eigenvalue weighted by Crippen LogP contribution is 2.30. The summed E-state index contributed by atoms with van der Waals surface area (Å²) >= 11 is 1.55. The lowest BCUT2D eigenvalue weighted by Gasteiger charge is -2.11. The number of ether oxygens (including phenoxy) is 1. The van der Waals surface area contributed by atoms with Crippen LogP contribution in [0, 0.1) is 12.8 Å². The minimum absolute atomic E-state index is 0.437. The van der Waals surface area contributed by atoms with Gasteiger partial charge in [-0.25, -0.2) is 4.98 Å². The van der Waals surface area contributed by atoms with Crippen LogP contribution in [0.5, 0.6) is 5.88 Å². The second-order valence-electron chi connectivity index (χ2n) is 5.10. The Morgan fingerprint density at radius 1 is 1.40 bits per heavy atom. The van der Waals surface area contributed by atoms with Crippen molar-refractivity contribution in [2.75, 3.05) is 12.3 Å². The number of pyridine rings is 1. The molecule has 0 saturated heterocycles. The lowest BCUT2D eigenvalue weighted by atomic mass is 10.2. The molecule has 5 nitrogen and oxygen atoms in total. The van der Waals surface area contributed by atoms with Crippen LogP contribution in [0.15, 0.2) is 28.3 Å². The molecule has 0 spiro atoms. The van der Waals surface area contributed by atoms with Crippen molar-refractivity contribution in [3.05, 3.63) is 23.9 Å². The Morgan fingerprint density at radius 3 is 2.75 bits per heavy atom. The first kappa shape index (κ1) is 14.7. The Labute approximate surface area is 123 Å². The van der Waals surface area contributed by atoms with Crippen LogP contribution < -0.4 is 10.5 Å². The van der Waals surface area contributed by atoms with Crippen molar-refractivity contribution >= 4 is 17.4 Å². The van der Waals surface area contributed by atoms with Crippen LogP contribution in [0.4, 0.5) is 5.69 Å². The standard InChI is InChI=1S/C14H20N4OS/c1-9(2)8-19-14-11(15)5-6-12(16-14)20-13-7-10(3)17-18(13)4/h5-7,9H,8,15H2,1-4H3. The summed E-state index contributed by atoms with van der Waals surface area (Å²) < 4.78 is 7.48. The number of anilines is 1. The summed E-state index contributed by atoms with van der Waals surface area (Å²) in [5.41, 5.74) is 7.44. The number of aromatic nitrogens is 3. The molecule has 0 amide bonds. The van der Waals surface area contributed by atoms with Crippen LogP contribution in [0.25, 0.3) is 0 Å². The number of hydrogen-bond donors (Lipinski definition) is 1. The van der Waals surface area contributed by atoms with Gasteiger partial charge in [0, 0.05) is 7.05 Å². The number of rotatable bonds is 5. The highest BCUT2D eigenvalue weighted by atomic mass is 32.2. The summed E-state index contributed by atoms with van der Waals surface area (Å²) in [6.07, 6.45) is 0. The van der Waals surface area contributed by atoms with Gasteiger partial charge in [-0.1, -0.05) is 25.6 Å². The molecule has 108 valence electrons. The average molecular weight is 292 g/mol. The van der Waals surface area contributed by atoms with Crippen molar-refractivity contribution in [1.29, 1.82) is 0 Å². The van der Waals surface area contributed by atoms with E-state index in [1.54, 1.807) is 11.8 Å². The van der Waals surface area contributed by atoms with Gasteiger partial charge in [0.1, 0.15) is 10.1 Å². The largest absolute Gasteiger partial charge is 0.476 e. The lowest BCUT2D eigenvalue weighted by Crippen LogP contribution is -2.07. The monoisotopic (exact) mass is 292 g/mol. The molecule has 0 aliphatic heterocycles. The van der Waals surface area contributed by atoms with E-state index in [-0.39, 0.29) is 0 Å². The van der Waals surface area contributed by atoms with Crippen molar-refractivity contribution in [2.24, 2.45) is 13.0 Å². The van der Waals surface area contributed by atoms with Gasteiger partial charge in [-0.05, 0) is 31.0 Å². The van der Waals surface area contributed by atoms with Crippen LogP contribution in [-0.4, -0.2) is 21.4 Å². The Morgan fingerprint density at radius 2 is 2.15 bits per heavy atom. The molecule has 0 bridgehead atoms. The number of nitrogen functional groups attached to an aromatic ring is 1. The normalized spacial score (nSPS) is 11.1. The zero-order chi connectivity index (χ0) is 14.7. The third kappa shape index (κ3) is 3.66. The van der Waals surface area contributed by atoms with Crippen molar-refractivity contribution in [1.82, 2.24) is 14.8 Å². The maximum absolute atomic E-state index is 5.89. The van der Waals surface area contributed by atoms with Crippen LogP contribution in [0.2, 0.25) is 0 Å². The van der Waals surface area contributed by atoms with E-state index in [1.165, 1.54) is 0 Å². The van der Waals surface area contributed by atoms with Crippen molar-refractivity contribution in [2.45, 2.75) is 30.8 Å². The first-order valence-electron chi connectivity index (χ1n) is 6.53. The molecule has 0 radical (unpaired) electrons. The third-order valence-corrected chi connectivity index (χ3v) is 3.61. The Kier molecular flexibility index (Phi) is 4.54. The van der Waals surface area contributed by atoms with Gasteiger partial charge in [0.05, 0.1) is 18.0 Å². The van der Waals surface area contributed by atoms with Gasteiger partial charge in [-0.2, -0.15) is 5.10 Å². The van der Waals surface area contributed by atoms with Gasteiger partial charge in [0.15, 0.2) is 0 Å². The van der Waals surface area contributed by atoms with Crippen molar-refractivity contribution < 1.29 is 4.74 Å². The lowest BCUT2D eigenvalue weighted by molar-refractivity contribution is 0.261. The van der Waals surface area contributed by atoms with Gasteiger partial charge >= 0.3 is 0 Å². The first-order valence-corrected chi connectivity index (χ1v) is 7.35. The molecule has 0 atom stereocenters. The highest BCUT2D eigenvalue weighted by Gasteiger charge is 2.09. The van der Waals surface area contributed by atoms with Gasteiger partial charge in [-0.15, -0.1) is 0 Å². The molecule has 20 heavy (non-hydrogen) atoms. The molecule has 2 aromatic rings. The minimum atomic E-state index is 0.437. The highest BCUT2D eigenvalue weighted by molar-refractivity contribution is 7.99. The number of nitrogens with zero attached hydrogens (tertiary/aromatic N) is 3. The summed E-state index contributed by atoms with van der Waals surface area (Å²) in [4.78, 5) is 4.46. The summed E-state index contributed by atoms with van der Waals surface area (Å²) in [5.74, 6) is 0.940. The van der Waals surface area contributed by atoms with Gasteiger partial charge < -0.3 is 10.5 Å². The molecule has 0 aromatic carbocycles. The Bertz CT molecular complexity index is 595.